The number of rotatable bonds is 13. The number of aromatic nitrogens is 1. The van der Waals surface area contributed by atoms with Gasteiger partial charge in [0.15, 0.2) is 0 Å². The van der Waals surface area contributed by atoms with Crippen molar-refractivity contribution in [2.45, 2.75) is 10.8 Å². The van der Waals surface area contributed by atoms with E-state index in [0.29, 0.717) is 0 Å². The van der Waals surface area contributed by atoms with Gasteiger partial charge < -0.3 is 14.4 Å². The van der Waals surface area contributed by atoms with Crippen molar-refractivity contribution in [1.82, 2.24) is 4.57 Å². The van der Waals surface area contributed by atoms with Crippen LogP contribution in [-0.4, -0.2) is 4.57 Å². The summed E-state index contributed by atoms with van der Waals surface area (Å²) in [5.74, 6) is 0. The second kappa shape index (κ2) is 22.8. The fourth-order valence-corrected chi connectivity index (χ4v) is 16.1. The maximum Gasteiger partial charge on any atom is 0.0714 e. The molecule has 3 nitrogen and oxygen atoms in total. The average molecular weight is 1210 g/mol. The van der Waals surface area contributed by atoms with Crippen LogP contribution in [0.15, 0.2) is 382 Å². The summed E-state index contributed by atoms with van der Waals surface area (Å²) in [5.41, 5.74) is 27.9. The summed E-state index contributed by atoms with van der Waals surface area (Å²) in [6.07, 6.45) is 0. The Morgan fingerprint density at radius 3 is 1.04 bits per heavy atom. The van der Waals surface area contributed by atoms with Crippen molar-refractivity contribution in [3.63, 3.8) is 0 Å². The van der Waals surface area contributed by atoms with Crippen LogP contribution in [0, 0.1) is 0 Å². The van der Waals surface area contributed by atoms with Crippen molar-refractivity contribution in [3.05, 3.63) is 427 Å². The van der Waals surface area contributed by atoms with E-state index in [4.69, 9.17) is 0 Å². The highest BCUT2D eigenvalue weighted by molar-refractivity contribution is 6.11. The van der Waals surface area contributed by atoms with Crippen LogP contribution in [-0.2, 0) is 10.8 Å². The lowest BCUT2D eigenvalue weighted by atomic mass is 9.67. The van der Waals surface area contributed by atoms with E-state index in [1.54, 1.807) is 0 Å². The predicted octanol–water partition coefficient (Wildman–Crippen LogP) is 23.8. The van der Waals surface area contributed by atoms with E-state index in [9.17, 15) is 0 Å². The molecule has 0 radical (unpaired) electrons. The van der Waals surface area contributed by atoms with E-state index in [0.717, 1.165) is 62.0 Å². The molecule has 3 heteroatoms. The van der Waals surface area contributed by atoms with Gasteiger partial charge >= 0.3 is 0 Å². The van der Waals surface area contributed by atoms with Gasteiger partial charge in [0, 0.05) is 50.6 Å². The number of anilines is 6. The van der Waals surface area contributed by atoms with Crippen molar-refractivity contribution < 1.29 is 0 Å². The number of hydrogen-bond donors (Lipinski definition) is 0. The second-order valence-corrected chi connectivity index (χ2v) is 25.1. The molecule has 16 aromatic rings. The smallest absolute Gasteiger partial charge is 0.0714 e. The molecule has 0 N–H and O–H groups in total. The SMILES string of the molecule is c1ccc(-c2ccc(-n3c4ccccc4c4cc(-c5cc(N(c6ccccc6)c6ccc7c(c6)C(c6ccccc6)(c6ccccc6)c6ccccc6-7)cc(N(c6ccccc6)c6ccc7c(c6)C(c6ccccc6)(c6ccccc6)c6ccccc6-7)c5)ccc43)cc2)cc1. The van der Waals surface area contributed by atoms with E-state index in [1.807, 2.05) is 0 Å². The molecule has 1 heterocycles. The number of benzene rings is 15. The molecule has 0 atom stereocenters. The summed E-state index contributed by atoms with van der Waals surface area (Å²) >= 11 is 0. The zero-order chi connectivity index (χ0) is 62.9. The summed E-state index contributed by atoms with van der Waals surface area (Å²) < 4.78 is 2.42. The summed E-state index contributed by atoms with van der Waals surface area (Å²) in [5, 5.41) is 2.38. The highest BCUT2D eigenvalue weighted by Crippen LogP contribution is 2.60. The minimum atomic E-state index is -0.607. The lowest BCUT2D eigenvalue weighted by molar-refractivity contribution is 0.768. The highest BCUT2D eigenvalue weighted by atomic mass is 15.2. The molecule has 0 fully saturated rings. The molecule has 446 valence electrons. The van der Waals surface area contributed by atoms with Crippen LogP contribution in [0.1, 0.15) is 44.5 Å². The summed E-state index contributed by atoms with van der Waals surface area (Å²) in [6.45, 7) is 0. The Bertz CT molecular complexity index is 5190. The highest BCUT2D eigenvalue weighted by Gasteiger charge is 2.48. The molecule has 1 aromatic heterocycles. The first kappa shape index (κ1) is 55.5. The third-order valence-corrected chi connectivity index (χ3v) is 20.1. The third kappa shape index (κ3) is 8.88. The molecule has 0 aliphatic heterocycles. The summed E-state index contributed by atoms with van der Waals surface area (Å²) in [7, 11) is 0. The van der Waals surface area contributed by atoms with Crippen LogP contribution in [0.4, 0.5) is 34.1 Å². The van der Waals surface area contributed by atoms with Crippen molar-refractivity contribution >= 4 is 55.9 Å². The molecule has 15 aromatic carbocycles. The van der Waals surface area contributed by atoms with Gasteiger partial charge in [0.05, 0.1) is 21.9 Å². The molecule has 2 aliphatic rings. The molecule has 2 aliphatic carbocycles. The number of para-hydroxylation sites is 3. The van der Waals surface area contributed by atoms with Gasteiger partial charge in [0.25, 0.3) is 0 Å². The zero-order valence-corrected chi connectivity index (χ0v) is 52.2. The predicted molar refractivity (Wildman–Crippen MR) is 396 cm³/mol. The lowest BCUT2D eigenvalue weighted by Gasteiger charge is -2.35. The first-order valence-corrected chi connectivity index (χ1v) is 32.9. The number of hydrogen-bond acceptors (Lipinski definition) is 2. The quantitative estimate of drug-likeness (QED) is 0.114. The van der Waals surface area contributed by atoms with Gasteiger partial charge in [0.1, 0.15) is 0 Å². The van der Waals surface area contributed by atoms with E-state index < -0.39 is 10.8 Å². The third-order valence-electron chi connectivity index (χ3n) is 20.1. The van der Waals surface area contributed by atoms with Crippen LogP contribution in [0.25, 0.3) is 72.0 Å². The largest absolute Gasteiger partial charge is 0.310 e. The fourth-order valence-electron chi connectivity index (χ4n) is 16.1. The van der Waals surface area contributed by atoms with Crippen molar-refractivity contribution in [3.8, 4) is 50.2 Å². The van der Waals surface area contributed by atoms with E-state index >= 15 is 0 Å². The fraction of sp³-hybridized carbons (Fsp3) is 0.0217. The van der Waals surface area contributed by atoms with Crippen LogP contribution in [0.2, 0.25) is 0 Å². The Labute approximate surface area is 554 Å². The maximum atomic E-state index is 2.49. The van der Waals surface area contributed by atoms with Gasteiger partial charge in [-0.3, -0.25) is 0 Å². The monoisotopic (exact) mass is 1210 g/mol. The Morgan fingerprint density at radius 2 is 0.568 bits per heavy atom. The summed E-state index contributed by atoms with van der Waals surface area (Å²) in [6, 6.07) is 142. The standard InChI is InChI=1S/C92H63N3/c1-8-28-64(29-9-1)65-48-51-74(52-49-65)95-89-47-27-24-44-83(89)84-60-66(50-57-90(84)95)67-58-77(93(72-38-18-6-19-39-72)75-53-55-81-79-42-22-25-45-85(79)91(87(81)62-75,68-30-10-2-11-31-68)69-32-12-3-13-33-69)61-78(59-67)94(73-40-20-7-21-41-73)76-54-56-82-80-43-23-26-46-86(80)92(88(82)63-76,70-34-14-4-15-35-70)71-36-16-5-17-37-71/h1-63H. The van der Waals surface area contributed by atoms with Crippen LogP contribution < -0.4 is 9.80 Å². The van der Waals surface area contributed by atoms with E-state index in [2.05, 4.69) is 397 Å². The Morgan fingerprint density at radius 1 is 0.200 bits per heavy atom. The van der Waals surface area contributed by atoms with Crippen LogP contribution >= 0.6 is 0 Å². The molecular formula is C92H63N3. The Balaban J connectivity index is 0.890. The van der Waals surface area contributed by atoms with E-state index in [1.165, 1.54) is 88.7 Å². The molecule has 0 spiro atoms. The number of fused-ring (bicyclic) bond motifs is 9. The maximum absolute atomic E-state index is 2.49. The minimum Gasteiger partial charge on any atom is -0.310 e. The van der Waals surface area contributed by atoms with E-state index in [-0.39, 0.29) is 0 Å². The normalized spacial score (nSPS) is 13.0. The Kier molecular flexibility index (Phi) is 13.3. The van der Waals surface area contributed by atoms with Gasteiger partial charge in [-0.25, -0.2) is 0 Å². The van der Waals surface area contributed by atoms with Crippen LogP contribution in [0.3, 0.4) is 0 Å². The Hall–Kier alpha value is -12.3. The first-order chi connectivity index (χ1) is 47.1. The van der Waals surface area contributed by atoms with Gasteiger partial charge in [-0.05, 0) is 186 Å². The molecule has 0 bridgehead atoms. The van der Waals surface area contributed by atoms with Gasteiger partial charge in [-0.2, -0.15) is 0 Å². The molecular weight excluding hydrogens is 1150 g/mol. The van der Waals surface area contributed by atoms with Crippen molar-refractivity contribution in [2.75, 3.05) is 9.80 Å². The van der Waals surface area contributed by atoms with Gasteiger partial charge in [-0.1, -0.05) is 285 Å². The van der Waals surface area contributed by atoms with Crippen LogP contribution in [0.5, 0.6) is 0 Å². The van der Waals surface area contributed by atoms with Crippen molar-refractivity contribution in [2.24, 2.45) is 0 Å². The summed E-state index contributed by atoms with van der Waals surface area (Å²) in [4.78, 5) is 4.97. The van der Waals surface area contributed by atoms with Crippen molar-refractivity contribution in [1.29, 1.82) is 0 Å². The first-order valence-electron chi connectivity index (χ1n) is 32.9. The number of nitrogens with zero attached hydrogens (tertiary/aromatic N) is 3. The van der Waals surface area contributed by atoms with Gasteiger partial charge in [0.2, 0.25) is 0 Å². The molecule has 0 saturated heterocycles. The molecule has 0 unspecified atom stereocenters. The molecule has 0 amide bonds. The molecule has 95 heavy (non-hydrogen) atoms. The average Bonchev–Trinajstić information content (AvgIpc) is 1.56. The second-order valence-electron chi connectivity index (χ2n) is 25.1. The van der Waals surface area contributed by atoms with Gasteiger partial charge in [-0.15, -0.1) is 0 Å². The molecule has 18 rings (SSSR count). The lowest BCUT2D eigenvalue weighted by Crippen LogP contribution is -2.28. The minimum absolute atomic E-state index is 0.607. The topological polar surface area (TPSA) is 11.4 Å². The zero-order valence-electron chi connectivity index (χ0n) is 52.2. The molecule has 0 saturated carbocycles.